The lowest BCUT2D eigenvalue weighted by Gasteiger charge is -2.32. The second kappa shape index (κ2) is 7.40. The van der Waals surface area contributed by atoms with Crippen LogP contribution >= 0.6 is 23.2 Å². The Morgan fingerprint density at radius 1 is 1.22 bits per heavy atom. The molecule has 2 aromatic carbocycles. The van der Waals surface area contributed by atoms with Gasteiger partial charge in [0, 0.05) is 18.2 Å². The van der Waals surface area contributed by atoms with E-state index in [1.54, 1.807) is 48.5 Å². The molecule has 1 aromatic heterocycles. The standard InChI is InChI=1S/C20H17Cl2N3O2/c1-26-20(14-2-3-14,11-25-13-23-12-24-25)18-9-8-17(10-19(18)22)27-16-6-4-15(21)5-7-16/h4-7,10,12-14H,2-3,11H2,1H3. The molecular formula is C20H17Cl2N3O2. The van der Waals surface area contributed by atoms with E-state index in [4.69, 9.17) is 32.7 Å². The third-order valence-electron chi connectivity index (χ3n) is 4.74. The molecule has 0 amide bonds. The number of hydrogen-bond donors (Lipinski definition) is 0. The van der Waals surface area contributed by atoms with Gasteiger partial charge in [-0.1, -0.05) is 29.3 Å². The van der Waals surface area contributed by atoms with Crippen LogP contribution in [0.2, 0.25) is 10.0 Å². The average Bonchev–Trinajstić information content (AvgIpc) is 3.40. The van der Waals surface area contributed by atoms with Gasteiger partial charge in [0.1, 0.15) is 24.0 Å². The largest absolute Gasteiger partial charge is 0.448 e. The van der Waals surface area contributed by atoms with Crippen molar-refractivity contribution < 1.29 is 9.47 Å². The van der Waals surface area contributed by atoms with Gasteiger partial charge in [-0.2, -0.15) is 5.10 Å². The molecule has 4 rings (SSSR count). The first kappa shape index (κ1) is 18.1. The van der Waals surface area contributed by atoms with Crippen molar-refractivity contribution in [3.05, 3.63) is 70.7 Å². The number of nitrogens with zero attached hydrogens (tertiary/aromatic N) is 3. The highest BCUT2D eigenvalue weighted by molar-refractivity contribution is 6.31. The van der Waals surface area contributed by atoms with Crippen LogP contribution in [0.3, 0.4) is 0 Å². The second-order valence-corrected chi connectivity index (χ2v) is 7.34. The highest BCUT2D eigenvalue weighted by atomic mass is 35.5. The average molecular weight is 402 g/mol. The summed E-state index contributed by atoms with van der Waals surface area (Å²) in [6.45, 7) is 0.510. The van der Waals surface area contributed by atoms with E-state index in [1.807, 2.05) is 0 Å². The minimum absolute atomic E-state index is 0.344. The van der Waals surface area contributed by atoms with Gasteiger partial charge in [-0.3, -0.25) is 0 Å². The predicted molar refractivity (Wildman–Crippen MR) is 102 cm³/mol. The van der Waals surface area contributed by atoms with Gasteiger partial charge in [-0.05, 0) is 49.1 Å². The third kappa shape index (κ3) is 3.74. The quantitative estimate of drug-likeness (QED) is 0.562. The van der Waals surface area contributed by atoms with Crippen molar-refractivity contribution in [2.45, 2.75) is 25.0 Å². The van der Waals surface area contributed by atoms with Crippen molar-refractivity contribution >= 4 is 23.2 Å². The minimum atomic E-state index is -0.625. The second-order valence-electron chi connectivity index (χ2n) is 6.50. The summed E-state index contributed by atoms with van der Waals surface area (Å²) in [6, 6.07) is 15.0. The Hall–Kier alpha value is -2.26. The lowest BCUT2D eigenvalue weighted by molar-refractivity contribution is -0.0513. The topological polar surface area (TPSA) is 49.2 Å². The molecule has 3 aromatic rings. The molecule has 1 fully saturated rings. The lowest BCUT2D eigenvalue weighted by Crippen LogP contribution is -2.36. The normalized spacial score (nSPS) is 15.8. The summed E-state index contributed by atoms with van der Waals surface area (Å²) in [7, 11) is 1.69. The van der Waals surface area contributed by atoms with Gasteiger partial charge in [0.05, 0.1) is 17.1 Å². The number of halogens is 2. The Labute approximate surface area is 167 Å². The van der Waals surface area contributed by atoms with Crippen molar-refractivity contribution in [3.8, 4) is 11.5 Å². The van der Waals surface area contributed by atoms with Crippen LogP contribution in [0.5, 0.6) is 11.5 Å². The number of rotatable bonds is 7. The van der Waals surface area contributed by atoms with Crippen LogP contribution in [0.25, 0.3) is 0 Å². The SMILES string of the molecule is COC(Cn1cncn1)(c1c#cc(Oc2ccc(Cl)cc2)cc1Cl)C1CC1. The van der Waals surface area contributed by atoms with Gasteiger partial charge in [-0.15, -0.1) is 0 Å². The first-order valence-electron chi connectivity index (χ1n) is 8.56. The van der Waals surface area contributed by atoms with E-state index in [0.29, 0.717) is 34.0 Å². The van der Waals surface area contributed by atoms with E-state index in [9.17, 15) is 0 Å². The summed E-state index contributed by atoms with van der Waals surface area (Å²) in [5.74, 6) is 1.47. The van der Waals surface area contributed by atoms with E-state index >= 15 is 0 Å². The maximum Gasteiger partial charge on any atom is 0.179 e. The number of hydrogen-bond acceptors (Lipinski definition) is 4. The smallest absolute Gasteiger partial charge is 0.179 e. The Morgan fingerprint density at radius 2 is 2.00 bits per heavy atom. The van der Waals surface area contributed by atoms with Crippen LogP contribution in [0, 0.1) is 18.1 Å². The van der Waals surface area contributed by atoms with Crippen LogP contribution in [0.15, 0.2) is 43.0 Å². The van der Waals surface area contributed by atoms with Gasteiger partial charge < -0.3 is 9.47 Å². The fourth-order valence-electron chi connectivity index (χ4n) is 3.25. The summed E-state index contributed by atoms with van der Waals surface area (Å²) in [6.07, 6.45) is 5.31. The van der Waals surface area contributed by atoms with Crippen LogP contribution in [0.1, 0.15) is 18.4 Å². The van der Waals surface area contributed by atoms with Crippen molar-refractivity contribution in [3.63, 3.8) is 0 Å². The molecule has 1 unspecified atom stereocenters. The van der Waals surface area contributed by atoms with Gasteiger partial charge >= 0.3 is 0 Å². The summed E-state index contributed by atoms with van der Waals surface area (Å²) >= 11 is 12.5. The lowest BCUT2D eigenvalue weighted by atomic mass is 9.89. The van der Waals surface area contributed by atoms with Crippen LogP contribution in [0.4, 0.5) is 0 Å². The van der Waals surface area contributed by atoms with Crippen molar-refractivity contribution in [1.29, 1.82) is 0 Å². The maximum atomic E-state index is 6.62. The molecular weight excluding hydrogens is 385 g/mol. The fraction of sp³-hybridized carbons (Fsp3) is 0.300. The molecule has 1 atom stereocenters. The van der Waals surface area contributed by atoms with Crippen LogP contribution < -0.4 is 4.74 Å². The number of methoxy groups -OCH3 is 1. The zero-order valence-corrected chi connectivity index (χ0v) is 16.2. The summed E-state index contributed by atoms with van der Waals surface area (Å²) in [4.78, 5) is 4.02. The third-order valence-corrected chi connectivity index (χ3v) is 5.29. The van der Waals surface area contributed by atoms with Gasteiger partial charge in [0.25, 0.3) is 0 Å². The number of ether oxygens (including phenoxy) is 2. The molecule has 0 saturated heterocycles. The van der Waals surface area contributed by atoms with Gasteiger partial charge in [-0.25, -0.2) is 9.67 Å². The molecule has 7 heteroatoms. The molecule has 1 aliphatic rings. The summed E-state index contributed by atoms with van der Waals surface area (Å²) in [5.41, 5.74) is 0.133. The van der Waals surface area contributed by atoms with Crippen LogP contribution in [-0.2, 0) is 16.9 Å². The van der Waals surface area contributed by atoms with E-state index < -0.39 is 5.60 Å². The zero-order chi connectivity index (χ0) is 18.9. The molecule has 27 heavy (non-hydrogen) atoms. The Balaban J connectivity index is 1.64. The predicted octanol–water partition coefficient (Wildman–Crippen LogP) is 4.93. The fourth-order valence-corrected chi connectivity index (χ4v) is 3.68. The van der Waals surface area contributed by atoms with Gasteiger partial charge in [0.2, 0.25) is 0 Å². The van der Waals surface area contributed by atoms with E-state index in [1.165, 1.54) is 6.33 Å². The van der Waals surface area contributed by atoms with Crippen molar-refractivity contribution in [1.82, 2.24) is 14.8 Å². The molecule has 5 nitrogen and oxygen atoms in total. The van der Waals surface area contributed by atoms with E-state index in [-0.39, 0.29) is 0 Å². The molecule has 0 N–H and O–H groups in total. The van der Waals surface area contributed by atoms with E-state index in [0.717, 1.165) is 18.4 Å². The molecule has 0 spiro atoms. The van der Waals surface area contributed by atoms with Crippen molar-refractivity contribution in [2.75, 3.05) is 7.11 Å². The minimum Gasteiger partial charge on any atom is -0.448 e. The molecule has 0 aliphatic heterocycles. The molecule has 1 heterocycles. The maximum absolute atomic E-state index is 6.62. The Morgan fingerprint density at radius 3 is 2.59 bits per heavy atom. The highest BCUT2D eigenvalue weighted by Crippen LogP contribution is 2.50. The first-order valence-corrected chi connectivity index (χ1v) is 9.31. The summed E-state index contributed by atoms with van der Waals surface area (Å²) in [5, 5.41) is 5.38. The Bertz CT molecular complexity index is 911. The zero-order valence-electron chi connectivity index (χ0n) is 14.7. The highest BCUT2D eigenvalue weighted by Gasteiger charge is 2.49. The molecule has 1 saturated carbocycles. The van der Waals surface area contributed by atoms with Crippen molar-refractivity contribution in [2.24, 2.45) is 5.92 Å². The molecule has 0 radical (unpaired) electrons. The summed E-state index contributed by atoms with van der Waals surface area (Å²) < 4.78 is 13.5. The monoisotopic (exact) mass is 401 g/mol. The molecule has 138 valence electrons. The Kier molecular flexibility index (Phi) is 4.96. The number of benzene rings is 1. The number of aromatic nitrogens is 3. The first-order chi connectivity index (χ1) is 13.1. The molecule has 1 aliphatic carbocycles. The van der Waals surface area contributed by atoms with Crippen LogP contribution in [-0.4, -0.2) is 21.9 Å². The van der Waals surface area contributed by atoms with Gasteiger partial charge in [0.15, 0.2) is 5.75 Å². The molecule has 0 bridgehead atoms. The van der Waals surface area contributed by atoms with E-state index in [2.05, 4.69) is 22.2 Å².